The number of nitrogens with zero attached hydrogens (tertiary/aromatic N) is 1. The lowest BCUT2D eigenvalue weighted by Crippen LogP contribution is -2.39. The summed E-state index contributed by atoms with van der Waals surface area (Å²) in [6.07, 6.45) is 2.10. The number of aliphatic imine (C=N–C) groups is 1. The van der Waals surface area contributed by atoms with Gasteiger partial charge in [-0.15, -0.1) is 0 Å². The summed E-state index contributed by atoms with van der Waals surface area (Å²) < 4.78 is 5.71. The van der Waals surface area contributed by atoms with Gasteiger partial charge in [-0.25, -0.2) is 0 Å². The number of hydrogen-bond donors (Lipinski definition) is 2. The first-order chi connectivity index (χ1) is 12.8. The molecule has 0 bridgehead atoms. The Morgan fingerprint density at radius 1 is 0.962 bits per heavy atom. The third-order valence-electron chi connectivity index (χ3n) is 4.29. The molecule has 0 saturated heterocycles. The lowest BCUT2D eigenvalue weighted by atomic mass is 10.0. The van der Waals surface area contributed by atoms with E-state index in [0.29, 0.717) is 12.5 Å². The summed E-state index contributed by atoms with van der Waals surface area (Å²) in [5.41, 5.74) is 2.56. The van der Waals surface area contributed by atoms with Gasteiger partial charge in [0.25, 0.3) is 0 Å². The standard InChI is InChI=1S/C22H31N3O/c1-19(21-13-7-4-8-14-21)17-25-22(23-2)24-15-9-10-16-26-18-20-11-5-3-6-12-20/h3-8,11-14,19H,9-10,15-18H2,1-2H3,(H2,23,24,25). The fourth-order valence-electron chi connectivity index (χ4n) is 2.67. The Morgan fingerprint density at radius 3 is 2.35 bits per heavy atom. The summed E-state index contributed by atoms with van der Waals surface area (Å²) in [7, 11) is 1.81. The van der Waals surface area contributed by atoms with Crippen molar-refractivity contribution in [2.75, 3.05) is 26.7 Å². The van der Waals surface area contributed by atoms with Crippen LogP contribution in [-0.4, -0.2) is 32.7 Å². The van der Waals surface area contributed by atoms with Gasteiger partial charge in [0.2, 0.25) is 0 Å². The molecule has 2 aromatic carbocycles. The SMILES string of the molecule is CN=C(NCCCCOCc1ccccc1)NCC(C)c1ccccc1. The van der Waals surface area contributed by atoms with Crippen LogP contribution in [0.1, 0.15) is 36.8 Å². The maximum atomic E-state index is 5.71. The number of benzene rings is 2. The Kier molecular flexibility index (Phi) is 9.30. The number of guanidine groups is 1. The minimum Gasteiger partial charge on any atom is -0.377 e. The van der Waals surface area contributed by atoms with Crippen molar-refractivity contribution in [1.82, 2.24) is 10.6 Å². The zero-order chi connectivity index (χ0) is 18.5. The van der Waals surface area contributed by atoms with Gasteiger partial charge in [-0.05, 0) is 29.9 Å². The minimum atomic E-state index is 0.445. The third-order valence-corrected chi connectivity index (χ3v) is 4.29. The molecule has 0 spiro atoms. The van der Waals surface area contributed by atoms with Gasteiger partial charge in [-0.2, -0.15) is 0 Å². The Labute approximate surface area is 157 Å². The second-order valence-corrected chi connectivity index (χ2v) is 6.44. The van der Waals surface area contributed by atoms with Crippen LogP contribution in [-0.2, 0) is 11.3 Å². The molecule has 0 saturated carbocycles. The summed E-state index contributed by atoms with van der Waals surface area (Å²) in [6.45, 7) is 5.46. The molecule has 0 heterocycles. The third kappa shape index (κ3) is 7.70. The van der Waals surface area contributed by atoms with Crippen LogP contribution in [0.3, 0.4) is 0 Å². The van der Waals surface area contributed by atoms with E-state index >= 15 is 0 Å². The first-order valence-corrected chi connectivity index (χ1v) is 9.40. The Hall–Kier alpha value is -2.33. The van der Waals surface area contributed by atoms with Crippen LogP contribution in [0.4, 0.5) is 0 Å². The lowest BCUT2D eigenvalue weighted by molar-refractivity contribution is 0.117. The summed E-state index contributed by atoms with van der Waals surface area (Å²) >= 11 is 0. The van der Waals surface area contributed by atoms with E-state index in [1.165, 1.54) is 11.1 Å². The smallest absolute Gasteiger partial charge is 0.190 e. The quantitative estimate of drug-likeness (QED) is 0.386. The van der Waals surface area contributed by atoms with E-state index in [1.807, 2.05) is 31.3 Å². The highest BCUT2D eigenvalue weighted by Crippen LogP contribution is 2.12. The van der Waals surface area contributed by atoms with Crippen molar-refractivity contribution in [3.8, 4) is 0 Å². The molecule has 0 fully saturated rings. The zero-order valence-electron chi connectivity index (χ0n) is 15.9. The molecule has 1 unspecified atom stereocenters. The summed E-state index contributed by atoms with van der Waals surface area (Å²) in [4.78, 5) is 4.29. The van der Waals surface area contributed by atoms with Crippen LogP contribution in [0.15, 0.2) is 65.7 Å². The zero-order valence-corrected chi connectivity index (χ0v) is 15.9. The highest BCUT2D eigenvalue weighted by atomic mass is 16.5. The fraction of sp³-hybridized carbons (Fsp3) is 0.409. The van der Waals surface area contributed by atoms with Crippen molar-refractivity contribution in [2.24, 2.45) is 4.99 Å². The highest BCUT2D eigenvalue weighted by Gasteiger charge is 2.05. The second kappa shape index (κ2) is 12.1. The Morgan fingerprint density at radius 2 is 1.65 bits per heavy atom. The van der Waals surface area contributed by atoms with Crippen molar-refractivity contribution in [1.29, 1.82) is 0 Å². The molecule has 4 nitrogen and oxygen atoms in total. The molecular formula is C22H31N3O. The van der Waals surface area contributed by atoms with Crippen LogP contribution in [0.2, 0.25) is 0 Å². The van der Waals surface area contributed by atoms with Crippen molar-refractivity contribution in [3.05, 3.63) is 71.8 Å². The molecule has 0 aromatic heterocycles. The van der Waals surface area contributed by atoms with Crippen LogP contribution in [0, 0.1) is 0 Å². The van der Waals surface area contributed by atoms with Crippen LogP contribution >= 0.6 is 0 Å². The van der Waals surface area contributed by atoms with E-state index in [0.717, 1.165) is 38.5 Å². The van der Waals surface area contributed by atoms with E-state index in [-0.39, 0.29) is 0 Å². The Balaban J connectivity index is 1.53. The predicted octanol–water partition coefficient (Wildman–Crippen LogP) is 3.95. The van der Waals surface area contributed by atoms with Gasteiger partial charge in [-0.3, -0.25) is 4.99 Å². The number of hydrogen-bond acceptors (Lipinski definition) is 2. The number of nitrogens with one attached hydrogen (secondary N) is 2. The topological polar surface area (TPSA) is 45.7 Å². The van der Waals surface area contributed by atoms with Gasteiger partial charge in [0.05, 0.1) is 6.61 Å². The molecule has 0 amide bonds. The van der Waals surface area contributed by atoms with Gasteiger partial charge in [0.15, 0.2) is 5.96 Å². The molecule has 2 rings (SSSR count). The number of unbranched alkanes of at least 4 members (excludes halogenated alkanes) is 1. The molecule has 1 atom stereocenters. The van der Waals surface area contributed by atoms with Gasteiger partial charge in [0.1, 0.15) is 0 Å². The first-order valence-electron chi connectivity index (χ1n) is 9.40. The number of rotatable bonds is 10. The second-order valence-electron chi connectivity index (χ2n) is 6.44. The maximum Gasteiger partial charge on any atom is 0.190 e. The largest absolute Gasteiger partial charge is 0.377 e. The molecular weight excluding hydrogens is 322 g/mol. The average Bonchev–Trinajstić information content (AvgIpc) is 2.70. The summed E-state index contributed by atoms with van der Waals surface area (Å²) in [6, 6.07) is 20.8. The van der Waals surface area contributed by atoms with Gasteiger partial charge < -0.3 is 15.4 Å². The maximum absolute atomic E-state index is 5.71. The Bertz CT molecular complexity index is 628. The van der Waals surface area contributed by atoms with E-state index < -0.39 is 0 Å². The van der Waals surface area contributed by atoms with Crippen molar-refractivity contribution >= 4 is 5.96 Å². The molecule has 26 heavy (non-hydrogen) atoms. The van der Waals surface area contributed by atoms with E-state index in [1.54, 1.807) is 0 Å². The first kappa shape index (κ1) is 20.0. The molecule has 0 aliphatic carbocycles. The minimum absolute atomic E-state index is 0.445. The van der Waals surface area contributed by atoms with E-state index in [4.69, 9.17) is 4.74 Å². The monoisotopic (exact) mass is 353 g/mol. The molecule has 0 aliphatic heterocycles. The van der Waals surface area contributed by atoms with Crippen molar-refractivity contribution < 1.29 is 4.74 Å². The number of ether oxygens (including phenoxy) is 1. The molecule has 4 heteroatoms. The molecule has 0 aliphatic rings. The molecule has 2 aromatic rings. The van der Waals surface area contributed by atoms with Crippen molar-refractivity contribution in [3.63, 3.8) is 0 Å². The summed E-state index contributed by atoms with van der Waals surface area (Å²) in [5.74, 6) is 1.30. The predicted molar refractivity (Wildman–Crippen MR) is 110 cm³/mol. The summed E-state index contributed by atoms with van der Waals surface area (Å²) in [5, 5.41) is 6.77. The van der Waals surface area contributed by atoms with Gasteiger partial charge >= 0.3 is 0 Å². The highest BCUT2D eigenvalue weighted by molar-refractivity contribution is 5.79. The van der Waals surface area contributed by atoms with E-state index in [2.05, 4.69) is 58.9 Å². The van der Waals surface area contributed by atoms with Crippen LogP contribution < -0.4 is 10.6 Å². The van der Waals surface area contributed by atoms with E-state index in [9.17, 15) is 0 Å². The van der Waals surface area contributed by atoms with Gasteiger partial charge in [0, 0.05) is 26.7 Å². The lowest BCUT2D eigenvalue weighted by Gasteiger charge is -2.16. The molecule has 2 N–H and O–H groups in total. The normalized spacial score (nSPS) is 12.6. The molecule has 0 radical (unpaired) electrons. The van der Waals surface area contributed by atoms with Gasteiger partial charge in [-0.1, -0.05) is 67.6 Å². The fourth-order valence-corrected chi connectivity index (χ4v) is 2.67. The van der Waals surface area contributed by atoms with Crippen molar-refractivity contribution in [2.45, 2.75) is 32.3 Å². The van der Waals surface area contributed by atoms with Crippen LogP contribution in [0.25, 0.3) is 0 Å². The van der Waals surface area contributed by atoms with Crippen LogP contribution in [0.5, 0.6) is 0 Å². The molecule has 140 valence electrons. The average molecular weight is 354 g/mol.